The maximum Gasteiger partial charge on any atom is 0.271 e. The van der Waals surface area contributed by atoms with Crippen molar-refractivity contribution in [3.8, 4) is 16.4 Å². The van der Waals surface area contributed by atoms with Crippen molar-refractivity contribution in [3.05, 3.63) is 47.7 Å². The van der Waals surface area contributed by atoms with Gasteiger partial charge in [-0.15, -0.1) is 11.3 Å². The number of aryl methyl sites for hydroxylation is 2. The molecule has 0 saturated carbocycles. The number of nitrogens with one attached hydrogen (secondary N) is 1. The second kappa shape index (κ2) is 6.29. The molecule has 0 radical (unpaired) electrons. The van der Waals surface area contributed by atoms with Crippen molar-refractivity contribution in [2.24, 2.45) is 0 Å². The Morgan fingerprint density at radius 2 is 1.96 bits per heavy atom. The van der Waals surface area contributed by atoms with Gasteiger partial charge in [-0.3, -0.25) is 4.72 Å². The van der Waals surface area contributed by atoms with Gasteiger partial charge in [-0.05, 0) is 43.7 Å². The van der Waals surface area contributed by atoms with Crippen LogP contribution >= 0.6 is 11.3 Å². The van der Waals surface area contributed by atoms with Crippen LogP contribution in [0, 0.1) is 13.8 Å². The van der Waals surface area contributed by atoms with Crippen LogP contribution in [-0.4, -0.2) is 20.7 Å². The number of anilines is 1. The summed E-state index contributed by atoms with van der Waals surface area (Å²) in [6, 6.07) is 10.3. The van der Waals surface area contributed by atoms with Crippen LogP contribution in [0.5, 0.6) is 5.75 Å². The van der Waals surface area contributed by atoms with Crippen molar-refractivity contribution in [1.29, 1.82) is 0 Å². The molecule has 0 amide bonds. The molecule has 0 aliphatic carbocycles. The summed E-state index contributed by atoms with van der Waals surface area (Å²) in [6.07, 6.45) is 0. The monoisotopic (exact) mass is 364 g/mol. The minimum Gasteiger partial charge on any atom is -0.495 e. The molecule has 3 aromatic rings. The standard InChI is InChI=1S/C16H16N2O4S2/c1-10-4-5-13(21-3)12(8-10)18-24(19,20)16-7-6-15(23-16)14-9-11(2)17-22-14/h4-9,18H,1-3H3. The topological polar surface area (TPSA) is 81.4 Å². The number of thiophene rings is 1. The number of nitrogens with zero attached hydrogens (tertiary/aromatic N) is 1. The Bertz CT molecular complexity index is 974. The van der Waals surface area contributed by atoms with Crippen LogP contribution in [-0.2, 0) is 10.0 Å². The van der Waals surface area contributed by atoms with Crippen LogP contribution in [0.1, 0.15) is 11.3 Å². The zero-order chi connectivity index (χ0) is 17.3. The van der Waals surface area contributed by atoms with Gasteiger partial charge < -0.3 is 9.26 Å². The Morgan fingerprint density at radius 1 is 1.17 bits per heavy atom. The quantitative estimate of drug-likeness (QED) is 0.744. The van der Waals surface area contributed by atoms with E-state index in [0.717, 1.165) is 22.6 Å². The van der Waals surface area contributed by atoms with Crippen molar-refractivity contribution in [2.75, 3.05) is 11.8 Å². The van der Waals surface area contributed by atoms with E-state index in [1.54, 1.807) is 30.3 Å². The third-order valence-corrected chi connectivity index (χ3v) is 6.27. The highest BCUT2D eigenvalue weighted by Crippen LogP contribution is 2.33. The molecule has 0 fully saturated rings. The highest BCUT2D eigenvalue weighted by atomic mass is 32.2. The molecule has 3 rings (SSSR count). The van der Waals surface area contributed by atoms with Crippen molar-refractivity contribution < 1.29 is 17.7 Å². The number of hydrogen-bond acceptors (Lipinski definition) is 6. The number of sulfonamides is 1. The molecule has 0 unspecified atom stereocenters. The fraction of sp³-hybridized carbons (Fsp3) is 0.188. The Hall–Kier alpha value is -2.32. The smallest absolute Gasteiger partial charge is 0.271 e. The van der Waals surface area contributed by atoms with E-state index in [4.69, 9.17) is 9.26 Å². The lowest BCUT2D eigenvalue weighted by Gasteiger charge is -2.11. The summed E-state index contributed by atoms with van der Waals surface area (Å²) < 4.78 is 38.4. The molecule has 0 atom stereocenters. The molecule has 126 valence electrons. The first-order valence-corrected chi connectivity index (χ1v) is 9.40. The minimum atomic E-state index is -3.72. The van der Waals surface area contributed by atoms with Gasteiger partial charge in [0.25, 0.3) is 10.0 Å². The summed E-state index contributed by atoms with van der Waals surface area (Å²) in [5.41, 5.74) is 2.07. The molecule has 0 spiro atoms. The van der Waals surface area contributed by atoms with E-state index >= 15 is 0 Å². The van der Waals surface area contributed by atoms with E-state index in [2.05, 4.69) is 9.88 Å². The van der Waals surface area contributed by atoms with Gasteiger partial charge in [-0.1, -0.05) is 11.2 Å². The SMILES string of the molecule is COc1ccc(C)cc1NS(=O)(=O)c1ccc(-c2cc(C)no2)s1. The van der Waals surface area contributed by atoms with E-state index in [1.807, 2.05) is 19.9 Å². The van der Waals surface area contributed by atoms with Gasteiger partial charge in [-0.25, -0.2) is 8.42 Å². The van der Waals surface area contributed by atoms with Crippen molar-refractivity contribution in [3.63, 3.8) is 0 Å². The first-order valence-electron chi connectivity index (χ1n) is 7.10. The minimum absolute atomic E-state index is 0.190. The van der Waals surface area contributed by atoms with Crippen LogP contribution in [0.4, 0.5) is 5.69 Å². The zero-order valence-electron chi connectivity index (χ0n) is 13.4. The van der Waals surface area contributed by atoms with E-state index in [0.29, 0.717) is 22.1 Å². The number of hydrogen-bond donors (Lipinski definition) is 1. The summed E-state index contributed by atoms with van der Waals surface area (Å²) in [4.78, 5) is 0.701. The Labute approximate surface area is 144 Å². The third kappa shape index (κ3) is 3.29. The highest BCUT2D eigenvalue weighted by Gasteiger charge is 2.20. The van der Waals surface area contributed by atoms with Gasteiger partial charge in [0, 0.05) is 6.07 Å². The summed E-state index contributed by atoms with van der Waals surface area (Å²) in [5, 5.41) is 3.81. The van der Waals surface area contributed by atoms with Crippen LogP contribution < -0.4 is 9.46 Å². The molecule has 2 heterocycles. The molecule has 1 aromatic carbocycles. The van der Waals surface area contributed by atoms with Gasteiger partial charge in [0.05, 0.1) is 23.4 Å². The Morgan fingerprint density at radius 3 is 2.62 bits per heavy atom. The van der Waals surface area contributed by atoms with E-state index in [1.165, 1.54) is 7.11 Å². The molecule has 1 N–H and O–H groups in total. The molecule has 24 heavy (non-hydrogen) atoms. The van der Waals surface area contributed by atoms with Gasteiger partial charge in [0.1, 0.15) is 9.96 Å². The van der Waals surface area contributed by atoms with Crippen molar-refractivity contribution >= 4 is 27.0 Å². The van der Waals surface area contributed by atoms with Gasteiger partial charge in [0.2, 0.25) is 0 Å². The Balaban J connectivity index is 1.92. The largest absolute Gasteiger partial charge is 0.495 e. The molecular weight excluding hydrogens is 348 g/mol. The van der Waals surface area contributed by atoms with E-state index < -0.39 is 10.0 Å². The summed E-state index contributed by atoms with van der Waals surface area (Å²) in [6.45, 7) is 3.69. The fourth-order valence-corrected chi connectivity index (χ4v) is 4.49. The molecular formula is C16H16N2O4S2. The first-order chi connectivity index (χ1) is 11.4. The molecule has 2 aromatic heterocycles. The third-order valence-electron chi connectivity index (χ3n) is 3.32. The predicted molar refractivity (Wildman–Crippen MR) is 93.1 cm³/mol. The average Bonchev–Trinajstić information content (AvgIpc) is 3.16. The fourth-order valence-electron chi connectivity index (χ4n) is 2.17. The normalized spacial score (nSPS) is 11.5. The zero-order valence-corrected chi connectivity index (χ0v) is 15.0. The molecule has 0 aliphatic rings. The molecule has 0 saturated heterocycles. The number of methoxy groups -OCH3 is 1. The van der Waals surface area contributed by atoms with Crippen molar-refractivity contribution in [2.45, 2.75) is 18.1 Å². The van der Waals surface area contributed by atoms with Crippen LogP contribution in [0.15, 0.2) is 45.1 Å². The predicted octanol–water partition coefficient (Wildman–Crippen LogP) is 3.83. The molecule has 0 bridgehead atoms. The molecule has 8 heteroatoms. The van der Waals surface area contributed by atoms with Crippen LogP contribution in [0.3, 0.4) is 0 Å². The number of ether oxygens (including phenoxy) is 1. The second-order valence-electron chi connectivity index (χ2n) is 5.26. The summed E-state index contributed by atoms with van der Waals surface area (Å²) >= 11 is 1.12. The van der Waals surface area contributed by atoms with Gasteiger partial charge in [0.15, 0.2) is 5.76 Å². The van der Waals surface area contributed by atoms with Gasteiger partial charge in [-0.2, -0.15) is 0 Å². The summed E-state index contributed by atoms with van der Waals surface area (Å²) in [7, 11) is -2.22. The number of rotatable bonds is 5. The van der Waals surface area contributed by atoms with Crippen molar-refractivity contribution in [1.82, 2.24) is 5.16 Å². The highest BCUT2D eigenvalue weighted by molar-refractivity contribution is 7.94. The lowest BCUT2D eigenvalue weighted by molar-refractivity contribution is 0.417. The van der Waals surface area contributed by atoms with E-state index in [9.17, 15) is 8.42 Å². The Kier molecular flexibility index (Phi) is 4.33. The molecule has 0 aliphatic heterocycles. The number of benzene rings is 1. The average molecular weight is 364 g/mol. The summed E-state index contributed by atoms with van der Waals surface area (Å²) in [5.74, 6) is 1.01. The first kappa shape index (κ1) is 16.5. The van der Waals surface area contributed by atoms with Crippen LogP contribution in [0.25, 0.3) is 10.6 Å². The van der Waals surface area contributed by atoms with Crippen LogP contribution in [0.2, 0.25) is 0 Å². The molecule has 6 nitrogen and oxygen atoms in total. The van der Waals surface area contributed by atoms with E-state index in [-0.39, 0.29) is 4.21 Å². The maximum atomic E-state index is 12.6. The number of aromatic nitrogens is 1. The lowest BCUT2D eigenvalue weighted by atomic mass is 10.2. The maximum absolute atomic E-state index is 12.6. The van der Waals surface area contributed by atoms with Gasteiger partial charge >= 0.3 is 0 Å². The lowest BCUT2D eigenvalue weighted by Crippen LogP contribution is -2.12. The second-order valence-corrected chi connectivity index (χ2v) is 8.25.